The smallest absolute Gasteiger partial charge is 0.225 e. The molecule has 0 aromatic carbocycles. The van der Waals surface area contributed by atoms with E-state index in [1.165, 1.54) is 0 Å². The number of nitrogens with zero attached hydrogens (tertiary/aromatic N) is 3. The average Bonchev–Trinajstić information content (AvgIpc) is 2.18. The molecule has 1 aromatic heterocycles. The number of rotatable bonds is 5. The Morgan fingerprint density at radius 1 is 1.53 bits per heavy atom. The third kappa shape index (κ3) is 4.09. The third-order valence-corrected chi connectivity index (χ3v) is 2.32. The number of halogens is 2. The minimum atomic E-state index is -0.431. The van der Waals surface area contributed by atoms with Crippen LogP contribution in [0.25, 0.3) is 0 Å². The van der Waals surface area contributed by atoms with Gasteiger partial charge in [0.1, 0.15) is 0 Å². The van der Waals surface area contributed by atoms with Crippen molar-refractivity contribution in [2.75, 3.05) is 32.2 Å². The van der Waals surface area contributed by atoms with Crippen molar-refractivity contribution < 1.29 is 9.13 Å². The van der Waals surface area contributed by atoms with Gasteiger partial charge in [0, 0.05) is 20.7 Å². The van der Waals surface area contributed by atoms with Gasteiger partial charge < -0.3 is 9.64 Å². The van der Waals surface area contributed by atoms with E-state index in [4.69, 9.17) is 4.74 Å². The van der Waals surface area contributed by atoms with Gasteiger partial charge in [-0.05, 0) is 0 Å². The van der Waals surface area contributed by atoms with E-state index in [1.54, 1.807) is 7.11 Å². The molecule has 15 heavy (non-hydrogen) atoms. The maximum atomic E-state index is 12.6. The van der Waals surface area contributed by atoms with E-state index < -0.39 is 5.82 Å². The molecule has 0 aliphatic rings. The second kappa shape index (κ2) is 5.97. The van der Waals surface area contributed by atoms with Gasteiger partial charge in [-0.2, -0.15) is 0 Å². The van der Waals surface area contributed by atoms with Gasteiger partial charge in [-0.15, -0.1) is 0 Å². The normalized spacial score (nSPS) is 12.5. The van der Waals surface area contributed by atoms with Crippen LogP contribution in [0.2, 0.25) is 0 Å². The number of ether oxygens (including phenoxy) is 1. The van der Waals surface area contributed by atoms with Crippen LogP contribution in [0.1, 0.15) is 0 Å². The van der Waals surface area contributed by atoms with Crippen LogP contribution in [-0.2, 0) is 4.74 Å². The Kier molecular flexibility index (Phi) is 4.90. The molecule has 6 heteroatoms. The van der Waals surface area contributed by atoms with Crippen LogP contribution in [0.15, 0.2) is 12.4 Å². The summed E-state index contributed by atoms with van der Waals surface area (Å²) in [6, 6.07) is 0. The van der Waals surface area contributed by atoms with Crippen LogP contribution in [0, 0.1) is 5.82 Å². The zero-order valence-corrected chi connectivity index (χ0v) is 10.2. The molecule has 0 spiro atoms. The number of hydrogen-bond donors (Lipinski definition) is 0. The van der Waals surface area contributed by atoms with Crippen molar-refractivity contribution in [3.05, 3.63) is 18.2 Å². The Bertz CT molecular complexity index is 296. The van der Waals surface area contributed by atoms with Gasteiger partial charge in [0.25, 0.3) is 0 Å². The van der Waals surface area contributed by atoms with E-state index in [-0.39, 0.29) is 4.83 Å². The van der Waals surface area contributed by atoms with Gasteiger partial charge in [0.2, 0.25) is 5.95 Å². The summed E-state index contributed by atoms with van der Waals surface area (Å²) in [5, 5.41) is 0. The minimum absolute atomic E-state index is 0.196. The fraction of sp³-hybridized carbons (Fsp3) is 0.556. The first-order chi connectivity index (χ1) is 7.13. The Labute approximate surface area is 96.6 Å². The van der Waals surface area contributed by atoms with Gasteiger partial charge in [0.15, 0.2) is 5.82 Å². The zero-order valence-electron chi connectivity index (χ0n) is 8.65. The van der Waals surface area contributed by atoms with Gasteiger partial charge >= 0.3 is 0 Å². The molecule has 0 amide bonds. The summed E-state index contributed by atoms with van der Waals surface area (Å²) in [5.74, 6) is 0.0661. The number of hydrogen-bond acceptors (Lipinski definition) is 4. The molecular weight excluding hydrogens is 265 g/mol. The lowest BCUT2D eigenvalue weighted by molar-refractivity contribution is 0.201. The monoisotopic (exact) mass is 277 g/mol. The van der Waals surface area contributed by atoms with Gasteiger partial charge in [0.05, 0.1) is 23.8 Å². The first-order valence-corrected chi connectivity index (χ1v) is 5.36. The van der Waals surface area contributed by atoms with Gasteiger partial charge in [-0.3, -0.25) is 0 Å². The molecule has 1 atom stereocenters. The first kappa shape index (κ1) is 12.3. The minimum Gasteiger partial charge on any atom is -0.383 e. The standard InChI is InChI=1S/C9H13BrFN3O/c1-14(5-7(10)6-15-2)9-12-3-8(11)4-13-9/h3-4,7H,5-6H2,1-2H3. The molecule has 0 saturated carbocycles. The van der Waals surface area contributed by atoms with Crippen molar-refractivity contribution in [1.29, 1.82) is 0 Å². The highest BCUT2D eigenvalue weighted by atomic mass is 79.9. The van der Waals surface area contributed by atoms with Crippen molar-refractivity contribution in [3.8, 4) is 0 Å². The molecule has 0 N–H and O–H groups in total. The first-order valence-electron chi connectivity index (χ1n) is 4.45. The summed E-state index contributed by atoms with van der Waals surface area (Å²) in [6.07, 6.45) is 2.30. The molecule has 0 aliphatic carbocycles. The third-order valence-electron chi connectivity index (χ3n) is 1.77. The maximum absolute atomic E-state index is 12.6. The molecule has 1 heterocycles. The highest BCUT2D eigenvalue weighted by Crippen LogP contribution is 2.08. The number of aromatic nitrogens is 2. The predicted octanol–water partition coefficient (Wildman–Crippen LogP) is 1.46. The van der Waals surface area contributed by atoms with Crippen LogP contribution in [0.5, 0.6) is 0 Å². The number of alkyl halides is 1. The van der Waals surface area contributed by atoms with Crippen molar-refractivity contribution in [2.45, 2.75) is 4.83 Å². The summed E-state index contributed by atoms with van der Waals surface area (Å²) in [5.41, 5.74) is 0. The summed E-state index contributed by atoms with van der Waals surface area (Å²) in [7, 11) is 3.49. The molecule has 0 saturated heterocycles. The van der Waals surface area contributed by atoms with Crippen LogP contribution in [0.3, 0.4) is 0 Å². The van der Waals surface area contributed by atoms with E-state index in [0.29, 0.717) is 19.1 Å². The van der Waals surface area contributed by atoms with E-state index in [2.05, 4.69) is 25.9 Å². The predicted molar refractivity (Wildman–Crippen MR) is 59.9 cm³/mol. The molecule has 0 aliphatic heterocycles. The lowest BCUT2D eigenvalue weighted by atomic mass is 10.4. The van der Waals surface area contributed by atoms with Crippen LogP contribution >= 0.6 is 15.9 Å². The lowest BCUT2D eigenvalue weighted by Gasteiger charge is -2.19. The summed E-state index contributed by atoms with van der Waals surface area (Å²) >= 11 is 3.45. The average molecular weight is 278 g/mol. The Hall–Kier alpha value is -0.750. The van der Waals surface area contributed by atoms with Crippen LogP contribution in [-0.4, -0.2) is 42.1 Å². The zero-order chi connectivity index (χ0) is 11.3. The second-order valence-electron chi connectivity index (χ2n) is 3.13. The maximum Gasteiger partial charge on any atom is 0.225 e. The van der Waals surface area contributed by atoms with E-state index in [9.17, 15) is 4.39 Å². The van der Waals surface area contributed by atoms with Crippen molar-refractivity contribution in [2.24, 2.45) is 0 Å². The highest BCUT2D eigenvalue weighted by molar-refractivity contribution is 9.09. The fourth-order valence-corrected chi connectivity index (χ4v) is 1.81. The Balaban J connectivity index is 2.53. The SMILES string of the molecule is COCC(Br)CN(C)c1ncc(F)cn1. The number of anilines is 1. The molecule has 1 unspecified atom stereocenters. The topological polar surface area (TPSA) is 38.2 Å². The van der Waals surface area contributed by atoms with Crippen molar-refractivity contribution in [3.63, 3.8) is 0 Å². The Morgan fingerprint density at radius 3 is 2.67 bits per heavy atom. The molecule has 0 fully saturated rings. The van der Waals surface area contributed by atoms with Crippen molar-refractivity contribution in [1.82, 2.24) is 9.97 Å². The Morgan fingerprint density at radius 2 is 2.13 bits per heavy atom. The summed E-state index contributed by atoms with van der Waals surface area (Å²) in [6.45, 7) is 1.30. The largest absolute Gasteiger partial charge is 0.383 e. The van der Waals surface area contributed by atoms with Gasteiger partial charge in [-0.25, -0.2) is 14.4 Å². The molecule has 4 nitrogen and oxygen atoms in total. The molecule has 0 bridgehead atoms. The van der Waals surface area contributed by atoms with E-state index >= 15 is 0 Å². The fourth-order valence-electron chi connectivity index (χ4n) is 1.11. The van der Waals surface area contributed by atoms with Crippen LogP contribution < -0.4 is 4.90 Å². The molecule has 0 radical (unpaired) electrons. The lowest BCUT2D eigenvalue weighted by Crippen LogP contribution is -2.29. The van der Waals surface area contributed by atoms with Crippen LogP contribution in [0.4, 0.5) is 10.3 Å². The van der Waals surface area contributed by atoms with E-state index in [0.717, 1.165) is 12.4 Å². The molecular formula is C9H13BrFN3O. The molecule has 84 valence electrons. The molecule has 1 rings (SSSR count). The summed E-state index contributed by atoms with van der Waals surface area (Å²) in [4.78, 5) is 9.77. The quantitative estimate of drug-likeness (QED) is 0.764. The van der Waals surface area contributed by atoms with E-state index in [1.807, 2.05) is 11.9 Å². The second-order valence-corrected chi connectivity index (χ2v) is 4.43. The van der Waals surface area contributed by atoms with Crippen molar-refractivity contribution >= 4 is 21.9 Å². The van der Waals surface area contributed by atoms with Gasteiger partial charge in [-0.1, -0.05) is 15.9 Å². The molecule has 1 aromatic rings. The summed E-state index contributed by atoms with van der Waals surface area (Å²) < 4.78 is 17.5. The number of methoxy groups -OCH3 is 1. The highest BCUT2D eigenvalue weighted by Gasteiger charge is 2.10.